The van der Waals surface area contributed by atoms with Gasteiger partial charge in [0.25, 0.3) is 0 Å². The van der Waals surface area contributed by atoms with Crippen LogP contribution in [0.15, 0.2) is 47.6 Å². The highest BCUT2D eigenvalue weighted by atomic mass is 32.2. The van der Waals surface area contributed by atoms with Crippen molar-refractivity contribution in [2.24, 2.45) is 0 Å². The van der Waals surface area contributed by atoms with E-state index >= 15 is 0 Å². The van der Waals surface area contributed by atoms with E-state index in [0.717, 1.165) is 11.8 Å². The average molecular weight is 336 g/mol. The third kappa shape index (κ3) is 5.41. The molecule has 1 aromatic carbocycles. The van der Waals surface area contributed by atoms with Crippen molar-refractivity contribution in [3.63, 3.8) is 0 Å². The molecular weight excluding hydrogens is 316 g/mol. The van der Waals surface area contributed by atoms with Crippen molar-refractivity contribution in [1.29, 1.82) is 0 Å². The summed E-state index contributed by atoms with van der Waals surface area (Å²) in [6.45, 7) is 2.80. The van der Waals surface area contributed by atoms with Crippen LogP contribution in [-0.4, -0.2) is 36.5 Å². The van der Waals surface area contributed by atoms with Crippen molar-refractivity contribution in [3.05, 3.63) is 48.3 Å². The minimum absolute atomic E-state index is 0.0671. The molecule has 8 heteroatoms. The Morgan fingerprint density at radius 3 is 2.57 bits per heavy atom. The topological polar surface area (TPSA) is 93.1 Å². The quantitative estimate of drug-likeness (QED) is 0.828. The third-order valence-corrected chi connectivity index (χ3v) is 4.33. The number of nitrogens with zero attached hydrogens (tertiary/aromatic N) is 2. The van der Waals surface area contributed by atoms with Gasteiger partial charge < -0.3 is 10.6 Å². The predicted octanol–water partition coefficient (Wildman–Crippen LogP) is 1.17. The van der Waals surface area contributed by atoms with Gasteiger partial charge in [0, 0.05) is 31.2 Å². The van der Waals surface area contributed by atoms with Crippen LogP contribution < -0.4 is 10.6 Å². The van der Waals surface area contributed by atoms with Gasteiger partial charge in [-0.1, -0.05) is 12.1 Å². The SMILES string of the molecule is CC(Cn1cccn1)NC(=O)NCc1ccc(S(C)(=O)=O)cc1. The number of amides is 2. The summed E-state index contributed by atoms with van der Waals surface area (Å²) in [5.41, 5.74) is 0.826. The number of nitrogens with one attached hydrogen (secondary N) is 2. The molecule has 0 aliphatic heterocycles. The molecule has 0 radical (unpaired) electrons. The molecule has 0 aliphatic carbocycles. The summed E-state index contributed by atoms with van der Waals surface area (Å²) in [5, 5.41) is 9.64. The van der Waals surface area contributed by atoms with Crippen LogP contribution in [0.2, 0.25) is 0 Å². The van der Waals surface area contributed by atoms with Crippen LogP contribution in [0.5, 0.6) is 0 Å². The largest absolute Gasteiger partial charge is 0.334 e. The number of aromatic nitrogens is 2. The van der Waals surface area contributed by atoms with Gasteiger partial charge in [0.2, 0.25) is 0 Å². The Morgan fingerprint density at radius 2 is 2.00 bits per heavy atom. The van der Waals surface area contributed by atoms with E-state index < -0.39 is 9.84 Å². The lowest BCUT2D eigenvalue weighted by molar-refractivity contribution is 0.235. The molecule has 1 unspecified atom stereocenters. The van der Waals surface area contributed by atoms with Crippen LogP contribution in [0.4, 0.5) is 4.79 Å². The molecule has 124 valence electrons. The number of benzene rings is 1. The monoisotopic (exact) mass is 336 g/mol. The van der Waals surface area contributed by atoms with Crippen LogP contribution >= 0.6 is 0 Å². The zero-order valence-corrected chi connectivity index (χ0v) is 13.9. The fourth-order valence-corrected chi connectivity index (χ4v) is 2.68. The van der Waals surface area contributed by atoms with E-state index in [2.05, 4.69) is 15.7 Å². The average Bonchev–Trinajstić information content (AvgIpc) is 2.97. The van der Waals surface area contributed by atoms with Gasteiger partial charge in [-0.15, -0.1) is 0 Å². The summed E-state index contributed by atoms with van der Waals surface area (Å²) in [6.07, 6.45) is 4.68. The van der Waals surface area contributed by atoms with Gasteiger partial charge >= 0.3 is 6.03 Å². The Labute approximate surface area is 135 Å². The second-order valence-corrected chi connectivity index (χ2v) is 7.39. The van der Waals surface area contributed by atoms with E-state index in [1.807, 2.05) is 19.2 Å². The molecule has 0 spiro atoms. The number of carbonyl (C=O) groups excluding carboxylic acids is 1. The second-order valence-electron chi connectivity index (χ2n) is 5.37. The van der Waals surface area contributed by atoms with Crippen molar-refractivity contribution in [3.8, 4) is 0 Å². The highest BCUT2D eigenvalue weighted by Crippen LogP contribution is 2.10. The van der Waals surface area contributed by atoms with Crippen LogP contribution in [-0.2, 0) is 22.9 Å². The maximum Gasteiger partial charge on any atom is 0.315 e. The number of sulfone groups is 1. The molecule has 2 N–H and O–H groups in total. The van der Waals surface area contributed by atoms with E-state index in [9.17, 15) is 13.2 Å². The molecular formula is C15H20N4O3S. The maximum absolute atomic E-state index is 11.8. The molecule has 2 amide bonds. The molecule has 1 atom stereocenters. The standard InChI is InChI=1S/C15H20N4O3S/c1-12(11-19-9-3-8-17-19)18-15(20)16-10-13-4-6-14(7-5-13)23(2,21)22/h3-9,12H,10-11H2,1-2H3,(H2,16,18,20). The predicted molar refractivity (Wildman–Crippen MR) is 86.6 cm³/mol. The van der Waals surface area contributed by atoms with Gasteiger partial charge in [0.05, 0.1) is 11.4 Å². The molecule has 1 aromatic heterocycles. The summed E-state index contributed by atoms with van der Waals surface area (Å²) in [4.78, 5) is 12.1. The Morgan fingerprint density at radius 1 is 1.30 bits per heavy atom. The molecule has 1 heterocycles. The zero-order valence-electron chi connectivity index (χ0n) is 13.1. The zero-order chi connectivity index (χ0) is 16.9. The van der Waals surface area contributed by atoms with Crippen LogP contribution in [0, 0.1) is 0 Å². The van der Waals surface area contributed by atoms with Crippen molar-refractivity contribution in [2.45, 2.75) is 31.0 Å². The van der Waals surface area contributed by atoms with Crippen molar-refractivity contribution < 1.29 is 13.2 Å². The van der Waals surface area contributed by atoms with Gasteiger partial charge in [0.1, 0.15) is 0 Å². The molecule has 0 saturated heterocycles. The first-order valence-electron chi connectivity index (χ1n) is 7.15. The fraction of sp³-hybridized carbons (Fsp3) is 0.333. The minimum atomic E-state index is -3.20. The summed E-state index contributed by atoms with van der Waals surface area (Å²) in [7, 11) is -3.20. The number of hydrogen-bond acceptors (Lipinski definition) is 4. The summed E-state index contributed by atoms with van der Waals surface area (Å²) >= 11 is 0. The summed E-state index contributed by atoms with van der Waals surface area (Å²) in [5.74, 6) is 0. The van der Waals surface area contributed by atoms with Crippen LogP contribution in [0.25, 0.3) is 0 Å². The maximum atomic E-state index is 11.8. The van der Waals surface area contributed by atoms with E-state index in [-0.39, 0.29) is 17.0 Å². The second kappa shape index (κ2) is 7.28. The first-order valence-corrected chi connectivity index (χ1v) is 9.04. The lowest BCUT2D eigenvalue weighted by atomic mass is 10.2. The van der Waals surface area contributed by atoms with Gasteiger partial charge in [0.15, 0.2) is 9.84 Å². The smallest absolute Gasteiger partial charge is 0.315 e. The van der Waals surface area contributed by atoms with Crippen LogP contribution in [0.3, 0.4) is 0 Å². The van der Waals surface area contributed by atoms with Gasteiger partial charge in [-0.05, 0) is 30.7 Å². The molecule has 7 nitrogen and oxygen atoms in total. The fourth-order valence-electron chi connectivity index (χ4n) is 2.05. The van der Waals surface area contributed by atoms with Crippen LogP contribution in [0.1, 0.15) is 12.5 Å². The Balaban J connectivity index is 1.80. The highest BCUT2D eigenvalue weighted by molar-refractivity contribution is 7.90. The summed E-state index contributed by atoms with van der Waals surface area (Å²) < 4.78 is 24.5. The summed E-state index contributed by atoms with van der Waals surface area (Å²) in [6, 6.07) is 7.91. The Bertz CT molecular complexity index is 740. The number of hydrogen-bond donors (Lipinski definition) is 2. The highest BCUT2D eigenvalue weighted by Gasteiger charge is 2.09. The minimum Gasteiger partial charge on any atom is -0.334 e. The van der Waals surface area contributed by atoms with Crippen molar-refractivity contribution in [1.82, 2.24) is 20.4 Å². The van der Waals surface area contributed by atoms with E-state index in [1.54, 1.807) is 23.0 Å². The Kier molecular flexibility index (Phi) is 5.38. The molecule has 0 bridgehead atoms. The lowest BCUT2D eigenvalue weighted by Gasteiger charge is -2.14. The number of rotatable bonds is 6. The van der Waals surface area contributed by atoms with Crippen molar-refractivity contribution in [2.75, 3.05) is 6.26 Å². The van der Waals surface area contributed by atoms with Gasteiger partial charge in [-0.3, -0.25) is 4.68 Å². The number of carbonyl (C=O) groups is 1. The third-order valence-electron chi connectivity index (χ3n) is 3.20. The normalized spacial score (nSPS) is 12.6. The number of urea groups is 1. The molecule has 2 rings (SSSR count). The molecule has 0 fully saturated rings. The first kappa shape index (κ1) is 17.0. The first-order chi connectivity index (χ1) is 10.8. The van der Waals surface area contributed by atoms with Crippen molar-refractivity contribution >= 4 is 15.9 Å². The Hall–Kier alpha value is -2.35. The molecule has 0 aliphatic rings. The lowest BCUT2D eigenvalue weighted by Crippen LogP contribution is -2.42. The van der Waals surface area contributed by atoms with E-state index in [0.29, 0.717) is 13.1 Å². The molecule has 23 heavy (non-hydrogen) atoms. The molecule has 0 saturated carbocycles. The van der Waals surface area contributed by atoms with E-state index in [1.165, 1.54) is 12.1 Å². The van der Waals surface area contributed by atoms with E-state index in [4.69, 9.17) is 0 Å². The van der Waals surface area contributed by atoms with Gasteiger partial charge in [-0.25, -0.2) is 13.2 Å². The molecule has 2 aromatic rings. The van der Waals surface area contributed by atoms with Gasteiger partial charge in [-0.2, -0.15) is 5.10 Å².